The molecule has 0 bridgehead atoms. The largest absolute Gasteiger partial charge is 0.336 e. The minimum atomic E-state index is 0.0426. The Morgan fingerprint density at radius 1 is 1.10 bits per heavy atom. The van der Waals surface area contributed by atoms with E-state index in [-0.39, 0.29) is 5.91 Å². The molecular weight excluding hydrogens is 372 g/mol. The predicted molar refractivity (Wildman–Crippen MR) is 120 cm³/mol. The molecule has 5 nitrogen and oxygen atoms in total. The molecule has 2 N–H and O–H groups in total. The Balaban J connectivity index is 1.46. The van der Waals surface area contributed by atoms with Gasteiger partial charge in [-0.25, -0.2) is 0 Å². The lowest BCUT2D eigenvalue weighted by molar-refractivity contribution is 0.0785. The smallest absolute Gasteiger partial charge is 0.254 e. The zero-order valence-electron chi connectivity index (χ0n) is 17.5. The minimum Gasteiger partial charge on any atom is -0.336 e. The first-order valence-corrected chi connectivity index (χ1v) is 10.9. The second-order valence-electron chi connectivity index (χ2n) is 8.40. The minimum absolute atomic E-state index is 0.0426. The topological polar surface area (TPSA) is 61.0 Å². The molecule has 2 aliphatic rings. The van der Waals surface area contributed by atoms with Gasteiger partial charge in [0.05, 0.1) is 12.2 Å². The molecule has 0 atom stereocenters. The molecule has 5 heteroatoms. The highest BCUT2D eigenvalue weighted by Gasteiger charge is 2.21. The van der Waals surface area contributed by atoms with E-state index in [2.05, 4.69) is 45.9 Å². The predicted octanol–water partition coefficient (Wildman–Crippen LogP) is 4.09. The van der Waals surface area contributed by atoms with Crippen LogP contribution in [0.5, 0.6) is 0 Å². The molecule has 1 aliphatic carbocycles. The van der Waals surface area contributed by atoms with Crippen LogP contribution >= 0.6 is 0 Å². The number of hydrogen-bond acceptors (Lipinski definition) is 3. The van der Waals surface area contributed by atoms with E-state index in [1.807, 2.05) is 19.2 Å². The summed E-state index contributed by atoms with van der Waals surface area (Å²) in [5.74, 6) is 0.0426. The number of rotatable bonds is 4. The van der Waals surface area contributed by atoms with Gasteiger partial charge in [-0.05, 0) is 72.2 Å². The molecule has 30 heavy (non-hydrogen) atoms. The lowest BCUT2D eigenvalue weighted by Crippen LogP contribution is -2.27. The number of amides is 1. The summed E-state index contributed by atoms with van der Waals surface area (Å²) in [5.41, 5.74) is 6.87. The Labute approximate surface area is 177 Å². The SMILES string of the molecule is CN(Cc1n[nH]c2c1CCCC2)C(=O)c1cccc2c(C3=CCCNC3)cccc12. The second-order valence-corrected chi connectivity index (χ2v) is 8.40. The number of carbonyl (C=O) groups excluding carboxylic acids is 1. The Hall–Kier alpha value is -2.92. The fraction of sp³-hybridized carbons (Fsp3) is 0.360. The van der Waals surface area contributed by atoms with E-state index in [1.54, 1.807) is 4.90 Å². The normalized spacial score (nSPS) is 16.2. The number of nitrogens with zero attached hydrogens (tertiary/aromatic N) is 2. The van der Waals surface area contributed by atoms with Crippen molar-refractivity contribution in [2.24, 2.45) is 0 Å². The van der Waals surface area contributed by atoms with E-state index < -0.39 is 0 Å². The number of aromatic nitrogens is 2. The van der Waals surface area contributed by atoms with Crippen molar-refractivity contribution in [1.82, 2.24) is 20.4 Å². The van der Waals surface area contributed by atoms with E-state index in [4.69, 9.17) is 0 Å². The third-order valence-corrected chi connectivity index (χ3v) is 6.40. The monoisotopic (exact) mass is 400 g/mol. The summed E-state index contributed by atoms with van der Waals surface area (Å²) >= 11 is 0. The van der Waals surface area contributed by atoms with Gasteiger partial charge in [-0.2, -0.15) is 5.10 Å². The van der Waals surface area contributed by atoms with Gasteiger partial charge >= 0.3 is 0 Å². The number of benzene rings is 2. The van der Waals surface area contributed by atoms with Crippen LogP contribution in [0.15, 0.2) is 42.5 Å². The van der Waals surface area contributed by atoms with Crippen LogP contribution in [-0.2, 0) is 19.4 Å². The molecule has 0 radical (unpaired) electrons. The van der Waals surface area contributed by atoms with E-state index >= 15 is 0 Å². The average Bonchev–Trinajstić information content (AvgIpc) is 3.21. The van der Waals surface area contributed by atoms with Gasteiger partial charge in [0.25, 0.3) is 5.91 Å². The first kappa shape index (κ1) is 19.1. The maximum atomic E-state index is 13.4. The van der Waals surface area contributed by atoms with E-state index in [0.29, 0.717) is 6.54 Å². The molecule has 2 heterocycles. The standard InChI is InChI=1S/C25H28N4O/c1-29(16-24-22-8-2-3-13-23(22)27-28-24)25(30)21-12-5-10-19-18(9-4-11-20(19)21)17-7-6-14-26-15-17/h4-5,7,9-12,26H,2-3,6,8,13-16H2,1H3,(H,27,28). The van der Waals surface area contributed by atoms with E-state index in [1.165, 1.54) is 35.2 Å². The quantitative estimate of drug-likeness (QED) is 0.693. The number of nitrogens with one attached hydrogen (secondary N) is 2. The highest BCUT2D eigenvalue weighted by atomic mass is 16.2. The first-order chi connectivity index (χ1) is 14.7. The highest BCUT2D eigenvalue weighted by molar-refractivity contribution is 6.09. The van der Waals surface area contributed by atoms with Gasteiger partial charge in [-0.15, -0.1) is 0 Å². The van der Waals surface area contributed by atoms with Crippen molar-refractivity contribution in [2.75, 3.05) is 20.1 Å². The highest BCUT2D eigenvalue weighted by Crippen LogP contribution is 2.29. The summed E-state index contributed by atoms with van der Waals surface area (Å²) in [6, 6.07) is 12.4. The molecule has 0 fully saturated rings. The van der Waals surface area contributed by atoms with Gasteiger partial charge < -0.3 is 10.2 Å². The number of aryl methyl sites for hydroxylation is 1. The van der Waals surface area contributed by atoms with Crippen molar-refractivity contribution >= 4 is 22.3 Å². The fourth-order valence-corrected chi connectivity index (χ4v) is 4.81. The number of carbonyl (C=O) groups is 1. The van der Waals surface area contributed by atoms with E-state index in [9.17, 15) is 4.79 Å². The fourth-order valence-electron chi connectivity index (χ4n) is 4.81. The number of hydrogen-bond donors (Lipinski definition) is 2. The third kappa shape index (κ3) is 3.43. The summed E-state index contributed by atoms with van der Waals surface area (Å²) in [7, 11) is 1.88. The Morgan fingerprint density at radius 3 is 2.80 bits per heavy atom. The third-order valence-electron chi connectivity index (χ3n) is 6.40. The van der Waals surface area contributed by atoms with Crippen molar-refractivity contribution in [2.45, 2.75) is 38.6 Å². The Morgan fingerprint density at radius 2 is 1.93 bits per heavy atom. The molecule has 154 valence electrons. The summed E-state index contributed by atoms with van der Waals surface area (Å²) in [6.07, 6.45) is 7.90. The van der Waals surface area contributed by atoms with Crippen molar-refractivity contribution in [1.29, 1.82) is 0 Å². The maximum Gasteiger partial charge on any atom is 0.254 e. The van der Waals surface area contributed by atoms with Crippen molar-refractivity contribution in [3.63, 3.8) is 0 Å². The maximum absolute atomic E-state index is 13.4. The van der Waals surface area contributed by atoms with Crippen molar-refractivity contribution < 1.29 is 4.79 Å². The molecule has 0 spiro atoms. The molecule has 3 aromatic rings. The summed E-state index contributed by atoms with van der Waals surface area (Å²) in [5, 5.41) is 13.3. The Kier molecular flexibility index (Phi) is 5.13. The summed E-state index contributed by atoms with van der Waals surface area (Å²) in [4.78, 5) is 15.2. The zero-order chi connectivity index (χ0) is 20.5. The molecule has 1 aromatic heterocycles. The number of aromatic amines is 1. The van der Waals surface area contributed by atoms with Crippen molar-refractivity contribution in [3.05, 3.63) is 70.6 Å². The van der Waals surface area contributed by atoms with Crippen LogP contribution in [0.25, 0.3) is 16.3 Å². The molecule has 0 saturated heterocycles. The summed E-state index contributed by atoms with van der Waals surface area (Å²) < 4.78 is 0. The van der Waals surface area contributed by atoms with Crippen LogP contribution in [0.1, 0.15) is 52.1 Å². The van der Waals surface area contributed by atoms with Crippen LogP contribution < -0.4 is 5.32 Å². The zero-order valence-corrected chi connectivity index (χ0v) is 17.5. The number of H-pyrrole nitrogens is 1. The number of fused-ring (bicyclic) bond motifs is 2. The molecule has 2 aromatic carbocycles. The van der Waals surface area contributed by atoms with Crippen molar-refractivity contribution in [3.8, 4) is 0 Å². The average molecular weight is 401 g/mol. The molecular formula is C25H28N4O. The molecule has 0 saturated carbocycles. The van der Waals surface area contributed by atoms with Gasteiger partial charge in [0.15, 0.2) is 0 Å². The van der Waals surface area contributed by atoms with Crippen LogP contribution in [0.4, 0.5) is 0 Å². The molecule has 1 aliphatic heterocycles. The van der Waals surface area contributed by atoms with Crippen LogP contribution in [-0.4, -0.2) is 41.1 Å². The second kappa shape index (κ2) is 8.07. The van der Waals surface area contributed by atoms with Gasteiger partial charge in [0, 0.05) is 24.8 Å². The summed E-state index contributed by atoms with van der Waals surface area (Å²) in [6.45, 7) is 2.44. The van der Waals surface area contributed by atoms with Gasteiger partial charge in [0.2, 0.25) is 0 Å². The van der Waals surface area contributed by atoms with Gasteiger partial charge in [0.1, 0.15) is 0 Å². The van der Waals surface area contributed by atoms with Crippen LogP contribution in [0, 0.1) is 0 Å². The molecule has 0 unspecified atom stereocenters. The molecule has 5 rings (SSSR count). The van der Waals surface area contributed by atoms with Crippen LogP contribution in [0.3, 0.4) is 0 Å². The van der Waals surface area contributed by atoms with Gasteiger partial charge in [-0.1, -0.05) is 36.4 Å². The lowest BCUT2D eigenvalue weighted by atomic mass is 9.93. The van der Waals surface area contributed by atoms with Crippen LogP contribution in [0.2, 0.25) is 0 Å². The molecule has 1 amide bonds. The van der Waals surface area contributed by atoms with E-state index in [0.717, 1.165) is 54.4 Å². The lowest BCUT2D eigenvalue weighted by Gasteiger charge is -2.20. The Bertz CT molecular complexity index is 1130. The van der Waals surface area contributed by atoms with Gasteiger partial charge in [-0.3, -0.25) is 9.89 Å². The first-order valence-electron chi connectivity index (χ1n) is 10.9.